The number of aryl methyl sites for hydroxylation is 2. The van der Waals surface area contributed by atoms with Crippen molar-refractivity contribution in [2.75, 3.05) is 10.2 Å². The number of para-hydroxylation sites is 1. The van der Waals surface area contributed by atoms with E-state index in [1.165, 1.54) is 0 Å². The monoisotopic (exact) mass is 323 g/mol. The van der Waals surface area contributed by atoms with Gasteiger partial charge in [0.2, 0.25) is 11.8 Å². The van der Waals surface area contributed by atoms with Crippen LogP contribution in [0.15, 0.2) is 42.6 Å². The second-order valence-corrected chi connectivity index (χ2v) is 6.13. The van der Waals surface area contributed by atoms with E-state index in [1.54, 1.807) is 18.0 Å². The molecule has 1 N–H and O–H groups in total. The Kier molecular flexibility index (Phi) is 4.60. The summed E-state index contributed by atoms with van der Waals surface area (Å²) in [4.78, 5) is 31.0. The molecule has 0 aliphatic carbocycles. The van der Waals surface area contributed by atoms with Crippen molar-refractivity contribution in [1.29, 1.82) is 0 Å². The van der Waals surface area contributed by atoms with Crippen molar-refractivity contribution in [2.24, 2.45) is 0 Å². The number of hydrogen-bond acceptors (Lipinski definition) is 3. The third-order valence-electron chi connectivity index (χ3n) is 4.29. The zero-order chi connectivity index (χ0) is 17.1. The van der Waals surface area contributed by atoms with Crippen molar-refractivity contribution in [3.05, 3.63) is 53.7 Å². The van der Waals surface area contributed by atoms with Crippen LogP contribution in [0.2, 0.25) is 0 Å². The van der Waals surface area contributed by atoms with Gasteiger partial charge in [0.05, 0.1) is 0 Å². The number of hydrogen-bond donors (Lipinski definition) is 1. The van der Waals surface area contributed by atoms with Gasteiger partial charge in [0, 0.05) is 18.3 Å². The lowest BCUT2D eigenvalue weighted by molar-refractivity contribution is -0.123. The Balaban J connectivity index is 1.86. The number of carbonyl (C=O) groups excluding carboxylic acids is 2. The number of fused-ring (bicyclic) bond motifs is 1. The number of amides is 2. The number of nitrogens with zero attached hydrogens (tertiary/aromatic N) is 2. The van der Waals surface area contributed by atoms with Crippen LogP contribution in [0.1, 0.15) is 30.9 Å². The number of aromatic nitrogens is 1. The summed E-state index contributed by atoms with van der Waals surface area (Å²) in [5.41, 5.74) is 2.96. The second kappa shape index (κ2) is 6.83. The lowest BCUT2D eigenvalue weighted by Crippen LogP contribution is -2.45. The van der Waals surface area contributed by atoms with Crippen molar-refractivity contribution < 1.29 is 9.59 Å². The van der Waals surface area contributed by atoms with Gasteiger partial charge in [-0.2, -0.15) is 0 Å². The molecule has 2 heterocycles. The topological polar surface area (TPSA) is 62.3 Å². The maximum absolute atomic E-state index is 12.6. The average Bonchev–Trinajstić information content (AvgIpc) is 2.72. The number of rotatable bonds is 3. The van der Waals surface area contributed by atoms with Crippen LogP contribution >= 0.6 is 0 Å². The van der Waals surface area contributed by atoms with E-state index >= 15 is 0 Å². The number of benzene rings is 1. The summed E-state index contributed by atoms with van der Waals surface area (Å²) in [6.07, 6.45) is 3.77. The van der Waals surface area contributed by atoms with Gasteiger partial charge in [0.25, 0.3) is 0 Å². The molecule has 0 spiro atoms. The Morgan fingerprint density at radius 1 is 1.25 bits per heavy atom. The van der Waals surface area contributed by atoms with E-state index in [-0.39, 0.29) is 11.8 Å². The SMILES string of the molecule is Cc1ccnc(NC(=O)[C@@H](C)N2C(=O)CCCc3ccccc32)c1. The van der Waals surface area contributed by atoms with Crippen LogP contribution < -0.4 is 10.2 Å². The van der Waals surface area contributed by atoms with Crippen LogP contribution in [0.5, 0.6) is 0 Å². The van der Waals surface area contributed by atoms with Crippen LogP contribution in [-0.4, -0.2) is 22.8 Å². The molecule has 2 amide bonds. The number of pyridine rings is 1. The van der Waals surface area contributed by atoms with Crippen LogP contribution in [0.25, 0.3) is 0 Å². The lowest BCUT2D eigenvalue weighted by Gasteiger charge is -2.28. The molecule has 2 aromatic rings. The normalized spacial score (nSPS) is 15.4. The fraction of sp³-hybridized carbons (Fsp3) is 0.316. The first kappa shape index (κ1) is 16.2. The molecule has 1 aliphatic heterocycles. The lowest BCUT2D eigenvalue weighted by atomic mass is 10.1. The molecule has 1 aliphatic rings. The quantitative estimate of drug-likeness (QED) is 0.944. The van der Waals surface area contributed by atoms with Gasteiger partial charge in [0.1, 0.15) is 11.9 Å². The molecule has 1 atom stereocenters. The summed E-state index contributed by atoms with van der Waals surface area (Å²) in [7, 11) is 0. The Morgan fingerprint density at radius 2 is 2.04 bits per heavy atom. The van der Waals surface area contributed by atoms with E-state index in [0.717, 1.165) is 29.7 Å². The molecule has 0 saturated carbocycles. The molecule has 1 aromatic heterocycles. The fourth-order valence-corrected chi connectivity index (χ4v) is 3.02. The van der Waals surface area contributed by atoms with Gasteiger partial charge in [-0.25, -0.2) is 4.98 Å². The van der Waals surface area contributed by atoms with Crippen LogP contribution in [0.3, 0.4) is 0 Å². The zero-order valence-corrected chi connectivity index (χ0v) is 14.0. The minimum absolute atomic E-state index is 0.0141. The van der Waals surface area contributed by atoms with E-state index in [2.05, 4.69) is 10.3 Å². The molecule has 124 valence electrons. The first-order valence-corrected chi connectivity index (χ1v) is 8.20. The molecule has 0 unspecified atom stereocenters. The fourth-order valence-electron chi connectivity index (χ4n) is 3.02. The van der Waals surface area contributed by atoms with Gasteiger partial charge in [-0.3, -0.25) is 14.5 Å². The summed E-state index contributed by atoms with van der Waals surface area (Å²) >= 11 is 0. The van der Waals surface area contributed by atoms with E-state index in [9.17, 15) is 9.59 Å². The van der Waals surface area contributed by atoms with Gasteiger partial charge in [-0.05, 0) is 56.0 Å². The largest absolute Gasteiger partial charge is 0.309 e. The highest BCUT2D eigenvalue weighted by Crippen LogP contribution is 2.28. The van der Waals surface area contributed by atoms with Crippen LogP contribution in [0.4, 0.5) is 11.5 Å². The highest BCUT2D eigenvalue weighted by atomic mass is 16.2. The Hall–Kier alpha value is -2.69. The van der Waals surface area contributed by atoms with Gasteiger partial charge >= 0.3 is 0 Å². The Labute approximate surface area is 141 Å². The van der Waals surface area contributed by atoms with Crippen LogP contribution in [0, 0.1) is 6.92 Å². The first-order valence-electron chi connectivity index (χ1n) is 8.20. The molecule has 5 nitrogen and oxygen atoms in total. The molecule has 0 saturated heterocycles. The first-order chi connectivity index (χ1) is 11.6. The predicted octanol–water partition coefficient (Wildman–Crippen LogP) is 3.09. The van der Waals surface area contributed by atoms with Gasteiger partial charge in [-0.15, -0.1) is 0 Å². The standard InChI is InChI=1S/C19H21N3O2/c1-13-10-11-20-17(12-13)21-19(24)14(2)22-16-8-4-3-6-15(16)7-5-9-18(22)23/h3-4,6,8,10-12,14H,5,7,9H2,1-2H3,(H,20,21,24)/t14-/m1/s1. The molecule has 3 rings (SSSR count). The summed E-state index contributed by atoms with van der Waals surface area (Å²) in [6, 6.07) is 10.9. The third-order valence-corrected chi connectivity index (χ3v) is 4.29. The number of carbonyl (C=O) groups is 2. The van der Waals surface area contributed by atoms with Crippen molar-refractivity contribution in [2.45, 2.75) is 39.2 Å². The molecule has 5 heteroatoms. The maximum atomic E-state index is 12.6. The highest BCUT2D eigenvalue weighted by Gasteiger charge is 2.30. The van der Waals surface area contributed by atoms with Crippen molar-refractivity contribution in [1.82, 2.24) is 4.98 Å². The molecule has 24 heavy (non-hydrogen) atoms. The Morgan fingerprint density at radius 3 is 2.83 bits per heavy atom. The van der Waals surface area contributed by atoms with Crippen LogP contribution in [-0.2, 0) is 16.0 Å². The molecule has 0 radical (unpaired) electrons. The Bertz CT molecular complexity index is 773. The molecule has 0 fully saturated rings. The van der Waals surface area contributed by atoms with Crippen molar-refractivity contribution in [3.63, 3.8) is 0 Å². The van der Waals surface area contributed by atoms with Crippen molar-refractivity contribution in [3.8, 4) is 0 Å². The summed E-state index contributed by atoms with van der Waals surface area (Å²) in [6.45, 7) is 3.69. The van der Waals surface area contributed by atoms with Gasteiger partial charge in [-0.1, -0.05) is 18.2 Å². The van der Waals surface area contributed by atoms with Gasteiger partial charge < -0.3 is 5.32 Å². The minimum atomic E-state index is -0.598. The summed E-state index contributed by atoms with van der Waals surface area (Å²) in [5, 5.41) is 2.81. The molecular formula is C19H21N3O2. The smallest absolute Gasteiger partial charge is 0.248 e. The second-order valence-electron chi connectivity index (χ2n) is 6.13. The van der Waals surface area contributed by atoms with E-state index in [1.807, 2.05) is 43.3 Å². The molecular weight excluding hydrogens is 302 g/mol. The number of anilines is 2. The zero-order valence-electron chi connectivity index (χ0n) is 14.0. The molecule has 1 aromatic carbocycles. The highest BCUT2D eigenvalue weighted by molar-refractivity contribution is 6.05. The minimum Gasteiger partial charge on any atom is -0.309 e. The summed E-state index contributed by atoms with van der Waals surface area (Å²) < 4.78 is 0. The van der Waals surface area contributed by atoms with Crippen molar-refractivity contribution >= 4 is 23.3 Å². The predicted molar refractivity (Wildman–Crippen MR) is 93.9 cm³/mol. The third kappa shape index (κ3) is 3.30. The molecule has 0 bridgehead atoms. The van der Waals surface area contributed by atoms with Gasteiger partial charge in [0.15, 0.2) is 0 Å². The maximum Gasteiger partial charge on any atom is 0.248 e. The number of nitrogens with one attached hydrogen (secondary N) is 1. The van der Waals surface area contributed by atoms with E-state index in [4.69, 9.17) is 0 Å². The van der Waals surface area contributed by atoms with E-state index in [0.29, 0.717) is 12.2 Å². The summed E-state index contributed by atoms with van der Waals surface area (Å²) in [5.74, 6) is 0.250. The van der Waals surface area contributed by atoms with E-state index < -0.39 is 6.04 Å². The average molecular weight is 323 g/mol.